The van der Waals surface area contributed by atoms with Gasteiger partial charge in [-0.1, -0.05) is 65.9 Å². The van der Waals surface area contributed by atoms with Gasteiger partial charge in [-0.05, 0) is 42.5 Å². The summed E-state index contributed by atoms with van der Waals surface area (Å²) in [6.07, 6.45) is 0. The topological polar surface area (TPSA) is 63.5 Å². The highest BCUT2D eigenvalue weighted by molar-refractivity contribution is 14.1. The maximum absolute atomic E-state index is 12.5. The molecule has 0 atom stereocenters. The van der Waals surface area contributed by atoms with Crippen LogP contribution in [0.25, 0.3) is 0 Å². The molecule has 0 aliphatic heterocycles. The standard InChI is InChI=1S/C24H25ClIN3O3/c1-16(2)22-14-20(25)13-12-18(22)11-10-17(3)27-32-15-19-8-6-7-9-21(19)23(28-31-5)24(30)29(4)26/h6-9,12-14,16H,15H2,1-5H3/b27-17+,28-23+. The van der Waals surface area contributed by atoms with Crippen molar-refractivity contribution in [1.29, 1.82) is 0 Å². The van der Waals surface area contributed by atoms with Crippen molar-refractivity contribution < 1.29 is 14.5 Å². The number of likely N-dealkylation sites (N-methyl/N-ethyl adjacent to an activating group) is 1. The van der Waals surface area contributed by atoms with Crippen molar-refractivity contribution in [3.8, 4) is 11.8 Å². The van der Waals surface area contributed by atoms with E-state index in [4.69, 9.17) is 21.3 Å². The first-order valence-electron chi connectivity index (χ1n) is 9.85. The van der Waals surface area contributed by atoms with E-state index in [1.165, 1.54) is 10.2 Å². The number of hydrogen-bond acceptors (Lipinski definition) is 5. The summed E-state index contributed by atoms with van der Waals surface area (Å²) in [6, 6.07) is 13.0. The van der Waals surface area contributed by atoms with E-state index in [1.807, 2.05) is 59.3 Å². The molecule has 0 unspecified atom stereocenters. The third-order valence-electron chi connectivity index (χ3n) is 4.37. The van der Waals surface area contributed by atoms with Crippen molar-refractivity contribution in [1.82, 2.24) is 3.11 Å². The maximum atomic E-state index is 12.5. The molecule has 2 aromatic carbocycles. The second-order valence-corrected chi connectivity index (χ2v) is 9.03. The number of carbonyl (C=O) groups excluding carboxylic acids is 1. The number of amides is 1. The molecule has 0 aromatic heterocycles. The first-order chi connectivity index (χ1) is 15.2. The Balaban J connectivity index is 2.19. The molecule has 2 rings (SSSR count). The number of benzene rings is 2. The van der Waals surface area contributed by atoms with E-state index in [-0.39, 0.29) is 18.2 Å². The summed E-state index contributed by atoms with van der Waals surface area (Å²) in [6.45, 7) is 6.12. The summed E-state index contributed by atoms with van der Waals surface area (Å²) in [5.74, 6) is 6.17. The van der Waals surface area contributed by atoms with E-state index in [1.54, 1.807) is 20.0 Å². The van der Waals surface area contributed by atoms with Crippen molar-refractivity contribution in [2.75, 3.05) is 14.2 Å². The molecule has 0 saturated carbocycles. The zero-order chi connectivity index (χ0) is 23.7. The zero-order valence-electron chi connectivity index (χ0n) is 18.6. The van der Waals surface area contributed by atoms with Crippen molar-refractivity contribution in [3.05, 3.63) is 69.7 Å². The van der Waals surface area contributed by atoms with Crippen LogP contribution in [0.4, 0.5) is 0 Å². The molecule has 0 heterocycles. The van der Waals surface area contributed by atoms with Crippen LogP contribution in [0.2, 0.25) is 5.02 Å². The predicted molar refractivity (Wildman–Crippen MR) is 137 cm³/mol. The summed E-state index contributed by atoms with van der Waals surface area (Å²) in [7, 11) is 3.04. The van der Waals surface area contributed by atoms with Gasteiger partial charge in [0.15, 0.2) is 5.71 Å². The van der Waals surface area contributed by atoms with Crippen LogP contribution < -0.4 is 0 Å². The summed E-state index contributed by atoms with van der Waals surface area (Å²) in [4.78, 5) is 22.9. The van der Waals surface area contributed by atoms with Crippen LogP contribution in [0, 0.1) is 11.8 Å². The molecule has 168 valence electrons. The molecule has 0 aliphatic carbocycles. The first-order valence-corrected chi connectivity index (χ1v) is 11.2. The van der Waals surface area contributed by atoms with Crippen LogP contribution in [0.3, 0.4) is 0 Å². The van der Waals surface area contributed by atoms with Crippen LogP contribution in [0.5, 0.6) is 0 Å². The predicted octanol–water partition coefficient (Wildman–Crippen LogP) is 5.57. The number of hydrogen-bond donors (Lipinski definition) is 0. The molecule has 0 radical (unpaired) electrons. The quantitative estimate of drug-likeness (QED) is 0.145. The van der Waals surface area contributed by atoms with Gasteiger partial charge >= 0.3 is 0 Å². The number of carbonyl (C=O) groups is 1. The lowest BCUT2D eigenvalue weighted by atomic mass is 9.97. The smallest absolute Gasteiger partial charge is 0.284 e. The lowest BCUT2D eigenvalue weighted by molar-refractivity contribution is -0.117. The molecule has 2 aromatic rings. The Labute approximate surface area is 208 Å². The van der Waals surface area contributed by atoms with Crippen molar-refractivity contribution >= 4 is 51.8 Å². The fourth-order valence-corrected chi connectivity index (χ4v) is 3.23. The van der Waals surface area contributed by atoms with E-state index in [2.05, 4.69) is 36.0 Å². The van der Waals surface area contributed by atoms with Gasteiger partial charge in [-0.15, -0.1) is 0 Å². The lowest BCUT2D eigenvalue weighted by Gasteiger charge is -2.13. The molecule has 8 heteroatoms. The first kappa shape index (κ1) is 25.7. The zero-order valence-corrected chi connectivity index (χ0v) is 21.6. The monoisotopic (exact) mass is 565 g/mol. The van der Waals surface area contributed by atoms with Gasteiger partial charge in [0.05, 0.1) is 22.9 Å². The summed E-state index contributed by atoms with van der Waals surface area (Å²) in [5.41, 5.74) is 4.08. The average molecular weight is 566 g/mol. The van der Waals surface area contributed by atoms with E-state index >= 15 is 0 Å². The minimum absolute atomic E-state index is 0.147. The second kappa shape index (κ2) is 12.5. The highest BCUT2D eigenvalue weighted by Gasteiger charge is 2.21. The van der Waals surface area contributed by atoms with E-state index in [0.717, 1.165) is 16.7 Å². The van der Waals surface area contributed by atoms with Gasteiger partial charge in [0.1, 0.15) is 19.4 Å². The highest BCUT2D eigenvalue weighted by Crippen LogP contribution is 2.23. The number of rotatable bonds is 7. The lowest BCUT2D eigenvalue weighted by Crippen LogP contribution is -2.27. The Morgan fingerprint density at radius 3 is 2.59 bits per heavy atom. The van der Waals surface area contributed by atoms with Crippen LogP contribution in [0.15, 0.2) is 52.8 Å². The molecule has 0 spiro atoms. The van der Waals surface area contributed by atoms with Crippen LogP contribution >= 0.6 is 34.5 Å². The minimum Gasteiger partial charge on any atom is -0.398 e. The maximum Gasteiger partial charge on any atom is 0.284 e. The molecule has 0 fully saturated rings. The number of nitrogens with zero attached hydrogens (tertiary/aromatic N) is 3. The van der Waals surface area contributed by atoms with Gasteiger partial charge in [0, 0.05) is 28.8 Å². The second-order valence-electron chi connectivity index (χ2n) is 7.15. The number of oxime groups is 2. The van der Waals surface area contributed by atoms with E-state index in [0.29, 0.717) is 22.2 Å². The van der Waals surface area contributed by atoms with Gasteiger partial charge in [0.25, 0.3) is 5.91 Å². The van der Waals surface area contributed by atoms with E-state index in [9.17, 15) is 4.79 Å². The SMILES string of the molecule is CO/N=C(/C(=O)N(C)I)c1ccccc1CO/N=C(\C)C#Cc1ccc(Cl)cc1C(C)C. The van der Waals surface area contributed by atoms with Crippen molar-refractivity contribution in [3.63, 3.8) is 0 Å². The Kier molecular flexibility index (Phi) is 10.0. The molecule has 1 amide bonds. The van der Waals surface area contributed by atoms with Gasteiger partial charge in [-0.25, -0.2) is 0 Å². The molecule has 6 nitrogen and oxygen atoms in total. The Bertz CT molecular complexity index is 1090. The molecule has 32 heavy (non-hydrogen) atoms. The summed E-state index contributed by atoms with van der Waals surface area (Å²) < 4.78 is 1.41. The van der Waals surface area contributed by atoms with Gasteiger partial charge in [0.2, 0.25) is 0 Å². The van der Waals surface area contributed by atoms with E-state index < -0.39 is 0 Å². The molecule has 0 saturated heterocycles. The van der Waals surface area contributed by atoms with Crippen LogP contribution in [-0.2, 0) is 21.1 Å². The largest absolute Gasteiger partial charge is 0.398 e. The third kappa shape index (κ3) is 7.24. The normalized spacial score (nSPS) is 11.6. The fourth-order valence-electron chi connectivity index (χ4n) is 2.82. The Morgan fingerprint density at radius 2 is 1.94 bits per heavy atom. The van der Waals surface area contributed by atoms with Crippen molar-refractivity contribution in [2.45, 2.75) is 33.3 Å². The molecular weight excluding hydrogens is 541 g/mol. The Hall–Kier alpha value is -2.57. The minimum atomic E-state index is -0.283. The molecular formula is C24H25ClIN3O3. The van der Waals surface area contributed by atoms with Crippen LogP contribution in [-0.4, -0.2) is 34.6 Å². The number of halogens is 2. The fraction of sp³-hybridized carbons (Fsp3) is 0.292. The Morgan fingerprint density at radius 1 is 1.22 bits per heavy atom. The molecule has 0 N–H and O–H groups in total. The van der Waals surface area contributed by atoms with Gasteiger partial charge < -0.3 is 9.68 Å². The van der Waals surface area contributed by atoms with Gasteiger partial charge in [-0.3, -0.25) is 7.91 Å². The third-order valence-corrected chi connectivity index (χ3v) is 5.05. The summed E-state index contributed by atoms with van der Waals surface area (Å²) >= 11 is 8.00. The highest BCUT2D eigenvalue weighted by atomic mass is 127. The molecule has 0 bridgehead atoms. The average Bonchev–Trinajstić information content (AvgIpc) is 2.76. The molecule has 0 aliphatic rings. The van der Waals surface area contributed by atoms with Crippen molar-refractivity contribution in [2.24, 2.45) is 10.3 Å². The van der Waals surface area contributed by atoms with Crippen LogP contribution in [0.1, 0.15) is 48.9 Å². The van der Waals surface area contributed by atoms with Gasteiger partial charge in [-0.2, -0.15) is 0 Å². The summed E-state index contributed by atoms with van der Waals surface area (Å²) in [5, 5.41) is 8.70.